The summed E-state index contributed by atoms with van der Waals surface area (Å²) in [4.78, 5) is 27.8. The van der Waals surface area contributed by atoms with Gasteiger partial charge in [-0.2, -0.15) is 0 Å². The van der Waals surface area contributed by atoms with Gasteiger partial charge < -0.3 is 10.2 Å². The van der Waals surface area contributed by atoms with Crippen LogP contribution in [0.1, 0.15) is 120 Å². The van der Waals surface area contributed by atoms with Crippen molar-refractivity contribution in [2.24, 2.45) is 22.2 Å². The van der Waals surface area contributed by atoms with Crippen molar-refractivity contribution < 1.29 is 19.8 Å². The number of hydrogen-bond acceptors (Lipinski definition) is 4. The molecule has 5 rings (SSSR count). The first-order valence-electron chi connectivity index (χ1n) is 14.5. The Hall–Kier alpha value is -3.06. The lowest BCUT2D eigenvalue weighted by Gasteiger charge is -2.59. The van der Waals surface area contributed by atoms with E-state index in [-0.39, 0.29) is 41.0 Å². The second-order valence-corrected chi connectivity index (χ2v) is 13.7. The molecule has 0 amide bonds. The predicted octanol–water partition coefficient (Wildman–Crippen LogP) is 7.90. The zero-order valence-electron chi connectivity index (χ0n) is 24.6. The summed E-state index contributed by atoms with van der Waals surface area (Å²) < 4.78 is 0. The predicted molar refractivity (Wildman–Crippen MR) is 155 cm³/mol. The van der Waals surface area contributed by atoms with E-state index in [2.05, 4.69) is 46.1 Å². The lowest BCUT2D eigenvalue weighted by Crippen LogP contribution is -2.55. The summed E-state index contributed by atoms with van der Waals surface area (Å²) >= 11 is 0. The summed E-state index contributed by atoms with van der Waals surface area (Å²) in [5, 5.41) is 23.2. The van der Waals surface area contributed by atoms with Gasteiger partial charge >= 0.3 is 0 Å². The molecule has 1 saturated carbocycles. The first kappa shape index (κ1) is 27.5. The second-order valence-electron chi connectivity index (χ2n) is 13.7. The summed E-state index contributed by atoms with van der Waals surface area (Å²) in [6, 6.07) is 1.99. The second kappa shape index (κ2) is 8.98. The molecular weight excluding hydrogens is 484 g/mol. The van der Waals surface area contributed by atoms with E-state index in [1.807, 2.05) is 19.9 Å². The highest BCUT2D eigenvalue weighted by Crippen LogP contribution is 2.67. The molecule has 0 heterocycles. The minimum Gasteiger partial charge on any atom is -0.511 e. The molecule has 0 saturated heterocycles. The van der Waals surface area contributed by atoms with E-state index in [0.717, 1.165) is 29.5 Å². The summed E-state index contributed by atoms with van der Waals surface area (Å²) in [6.45, 7) is 18.0. The first-order valence-corrected chi connectivity index (χ1v) is 14.5. The maximum Gasteiger partial charge on any atom is 0.193 e. The maximum absolute atomic E-state index is 14.5. The number of phenols is 1. The molecule has 0 aliphatic heterocycles. The largest absolute Gasteiger partial charge is 0.511 e. The number of aromatic hydroxyl groups is 1. The first-order chi connectivity index (χ1) is 18.2. The van der Waals surface area contributed by atoms with Crippen molar-refractivity contribution in [3.63, 3.8) is 0 Å². The van der Waals surface area contributed by atoms with E-state index >= 15 is 0 Å². The molecule has 4 nitrogen and oxygen atoms in total. The number of Topliss-reactive ketones (excluding diaryl/α,β-unsaturated/α-hetero) is 2. The molecule has 4 heteroatoms. The molecule has 4 aliphatic rings. The summed E-state index contributed by atoms with van der Waals surface area (Å²) in [7, 11) is 0. The van der Waals surface area contributed by atoms with E-state index in [1.165, 1.54) is 12.8 Å². The van der Waals surface area contributed by atoms with E-state index in [9.17, 15) is 19.8 Å². The van der Waals surface area contributed by atoms with Gasteiger partial charge in [0.2, 0.25) is 0 Å². The SMILES string of the molecule is C=C(C)C1=C(O)[C@]2(C)C(C)=C3C(=O)c4c(O)c(C#CC5CCCC5)cc(C(C)C)c4C[C@]3(C)C[C@]2(C)CC1=O. The molecule has 1 aromatic rings. The quantitative estimate of drug-likeness (QED) is 0.384. The molecule has 0 aromatic heterocycles. The summed E-state index contributed by atoms with van der Waals surface area (Å²) in [5.41, 5.74) is 3.12. The van der Waals surface area contributed by atoms with Crippen LogP contribution in [-0.2, 0) is 11.2 Å². The fourth-order valence-corrected chi connectivity index (χ4v) is 8.39. The average Bonchev–Trinajstić information content (AvgIpc) is 3.34. The van der Waals surface area contributed by atoms with Crippen molar-refractivity contribution >= 4 is 11.6 Å². The third-order valence-electron chi connectivity index (χ3n) is 10.5. The molecule has 39 heavy (non-hydrogen) atoms. The number of hydrogen-bond donors (Lipinski definition) is 2. The van der Waals surface area contributed by atoms with Gasteiger partial charge in [-0.15, -0.1) is 0 Å². The molecule has 0 radical (unpaired) electrons. The number of allylic oxidation sites excluding steroid dienone is 4. The number of benzene rings is 1. The number of aliphatic hydroxyl groups is 1. The molecule has 3 atom stereocenters. The Morgan fingerprint density at radius 1 is 1.10 bits per heavy atom. The van der Waals surface area contributed by atoms with E-state index in [0.29, 0.717) is 41.0 Å². The highest BCUT2D eigenvalue weighted by atomic mass is 16.3. The summed E-state index contributed by atoms with van der Waals surface area (Å²) in [6.07, 6.45) is 6.01. The van der Waals surface area contributed by atoms with Gasteiger partial charge in [0.1, 0.15) is 11.5 Å². The fraction of sp³-hybridized carbons (Fsp3) is 0.543. The van der Waals surface area contributed by atoms with Gasteiger partial charge in [0.25, 0.3) is 0 Å². The van der Waals surface area contributed by atoms with Crippen LogP contribution in [0.5, 0.6) is 5.75 Å². The number of phenolic OH excluding ortho intramolecular Hbond substituents is 1. The van der Waals surface area contributed by atoms with E-state index < -0.39 is 16.2 Å². The number of ketones is 2. The van der Waals surface area contributed by atoms with Crippen LogP contribution in [0.2, 0.25) is 0 Å². The van der Waals surface area contributed by atoms with Crippen molar-refractivity contribution in [1.82, 2.24) is 0 Å². The Kier molecular flexibility index (Phi) is 6.33. The number of aliphatic hydroxyl groups excluding tert-OH is 1. The number of fused-ring (bicyclic) bond motifs is 3. The molecule has 1 fully saturated rings. The van der Waals surface area contributed by atoms with Crippen LogP contribution >= 0.6 is 0 Å². The topological polar surface area (TPSA) is 74.6 Å². The molecule has 0 spiro atoms. The van der Waals surface area contributed by atoms with Crippen LogP contribution in [0, 0.1) is 34.0 Å². The van der Waals surface area contributed by atoms with Crippen LogP contribution < -0.4 is 0 Å². The smallest absolute Gasteiger partial charge is 0.193 e. The molecule has 4 aliphatic carbocycles. The Morgan fingerprint density at radius 2 is 1.74 bits per heavy atom. The number of carbonyl (C=O) groups excluding carboxylic acids is 2. The average molecular weight is 527 g/mol. The van der Waals surface area contributed by atoms with E-state index in [1.54, 1.807) is 6.92 Å². The Morgan fingerprint density at radius 3 is 2.33 bits per heavy atom. The third kappa shape index (κ3) is 3.80. The molecule has 0 bridgehead atoms. The van der Waals surface area contributed by atoms with Crippen LogP contribution in [-0.4, -0.2) is 21.8 Å². The molecule has 2 N–H and O–H groups in total. The van der Waals surface area contributed by atoms with Gasteiger partial charge in [0.15, 0.2) is 11.6 Å². The van der Waals surface area contributed by atoms with Gasteiger partial charge in [-0.05, 0) is 80.6 Å². The standard InChI is InChI=1S/C35H42O4/c1-19(2)24-15-23(14-13-22-11-9-10-12-22)30(37)28-25(24)16-33(6)18-34(7)17-26(36)27(20(3)4)32(39)35(34,8)21(5)29(33)31(28)38/h15,19,22,37,39H,3,9-12,16-18H2,1-2,4-8H3/t33-,34+,35+/m1/s1. The molecule has 0 unspecified atom stereocenters. The van der Waals surface area contributed by atoms with Crippen molar-refractivity contribution in [3.8, 4) is 17.6 Å². The lowest BCUT2D eigenvalue weighted by molar-refractivity contribution is -0.123. The Bertz CT molecular complexity index is 1450. The summed E-state index contributed by atoms with van der Waals surface area (Å²) in [5.74, 6) is 6.82. The normalized spacial score (nSPS) is 30.7. The Balaban J connectivity index is 1.76. The van der Waals surface area contributed by atoms with Gasteiger partial charge in [0.05, 0.1) is 22.1 Å². The van der Waals surface area contributed by atoms with Crippen molar-refractivity contribution in [2.75, 3.05) is 0 Å². The minimum atomic E-state index is -0.895. The maximum atomic E-state index is 14.5. The zero-order valence-corrected chi connectivity index (χ0v) is 24.6. The van der Waals surface area contributed by atoms with Crippen LogP contribution in [0.3, 0.4) is 0 Å². The minimum absolute atomic E-state index is 0.0164. The van der Waals surface area contributed by atoms with Crippen molar-refractivity contribution in [3.05, 3.63) is 63.0 Å². The van der Waals surface area contributed by atoms with Crippen molar-refractivity contribution in [1.29, 1.82) is 0 Å². The van der Waals surface area contributed by atoms with Crippen molar-refractivity contribution in [2.45, 2.75) is 99.3 Å². The van der Waals surface area contributed by atoms with Gasteiger partial charge in [-0.25, -0.2) is 0 Å². The highest BCUT2D eigenvalue weighted by molar-refractivity contribution is 6.15. The third-order valence-corrected chi connectivity index (χ3v) is 10.5. The molecule has 206 valence electrons. The highest BCUT2D eigenvalue weighted by Gasteiger charge is 2.63. The van der Waals surface area contributed by atoms with Gasteiger partial charge in [-0.3, -0.25) is 9.59 Å². The van der Waals surface area contributed by atoms with Crippen LogP contribution in [0.4, 0.5) is 0 Å². The zero-order chi connectivity index (χ0) is 28.7. The molecule has 1 aromatic carbocycles. The van der Waals surface area contributed by atoms with E-state index in [4.69, 9.17) is 0 Å². The fourth-order valence-electron chi connectivity index (χ4n) is 8.39. The Labute approximate surface area is 233 Å². The van der Waals surface area contributed by atoms with Gasteiger partial charge in [-0.1, -0.05) is 64.5 Å². The monoisotopic (exact) mass is 526 g/mol. The molecular formula is C35H42O4. The lowest BCUT2D eigenvalue weighted by atomic mass is 9.43. The van der Waals surface area contributed by atoms with Crippen LogP contribution in [0.15, 0.2) is 40.7 Å². The van der Waals surface area contributed by atoms with Gasteiger partial charge in [0, 0.05) is 23.3 Å². The number of carbonyl (C=O) groups is 2. The van der Waals surface area contributed by atoms with Crippen LogP contribution in [0.25, 0.3) is 0 Å². The number of rotatable bonds is 2.